The van der Waals surface area contributed by atoms with E-state index in [1.807, 2.05) is 44.2 Å². The zero-order valence-corrected chi connectivity index (χ0v) is 20.2. The lowest BCUT2D eigenvalue weighted by Crippen LogP contribution is -2.45. The van der Waals surface area contributed by atoms with Gasteiger partial charge in [-0.1, -0.05) is 74.5 Å². The van der Waals surface area contributed by atoms with Crippen LogP contribution in [-0.4, -0.2) is 23.8 Å². The Bertz CT molecular complexity index is 1190. The van der Waals surface area contributed by atoms with E-state index in [1.54, 1.807) is 30.3 Å². The van der Waals surface area contributed by atoms with Crippen LogP contribution < -0.4 is 10.6 Å². The summed E-state index contributed by atoms with van der Waals surface area (Å²) in [5, 5.41) is 5.32. The summed E-state index contributed by atoms with van der Waals surface area (Å²) in [5.74, 6) is -2.07. The molecule has 3 aromatic carbocycles. The van der Waals surface area contributed by atoms with E-state index in [2.05, 4.69) is 10.6 Å². The molecule has 0 aromatic heterocycles. The highest BCUT2D eigenvalue weighted by Gasteiger charge is 2.26. The average Bonchev–Trinajstić information content (AvgIpc) is 2.88. The summed E-state index contributed by atoms with van der Waals surface area (Å²) in [6, 6.07) is 22.2. The van der Waals surface area contributed by atoms with E-state index >= 15 is 0 Å². The number of amides is 2. The third-order valence-electron chi connectivity index (χ3n) is 5.23. The predicted octanol–water partition coefficient (Wildman–Crippen LogP) is 4.87. The summed E-state index contributed by atoms with van der Waals surface area (Å²) in [5.41, 5.74) is 1.60. The molecular formula is C29H29FN2O4. The molecule has 3 aromatic rings. The second-order valence-electron chi connectivity index (χ2n) is 8.68. The van der Waals surface area contributed by atoms with Crippen molar-refractivity contribution in [2.24, 2.45) is 5.92 Å². The van der Waals surface area contributed by atoms with Gasteiger partial charge < -0.3 is 15.4 Å². The summed E-state index contributed by atoms with van der Waals surface area (Å²) < 4.78 is 18.8. The van der Waals surface area contributed by atoms with Crippen LogP contribution in [0.4, 0.5) is 4.39 Å². The van der Waals surface area contributed by atoms with Crippen molar-refractivity contribution in [3.63, 3.8) is 0 Å². The van der Waals surface area contributed by atoms with E-state index in [-0.39, 0.29) is 18.2 Å². The molecule has 186 valence electrons. The van der Waals surface area contributed by atoms with Gasteiger partial charge in [-0.05, 0) is 53.8 Å². The van der Waals surface area contributed by atoms with Crippen LogP contribution in [0.3, 0.4) is 0 Å². The van der Waals surface area contributed by atoms with Gasteiger partial charge >= 0.3 is 5.97 Å². The van der Waals surface area contributed by atoms with Gasteiger partial charge in [-0.15, -0.1) is 0 Å². The van der Waals surface area contributed by atoms with Gasteiger partial charge in [-0.3, -0.25) is 9.59 Å². The van der Waals surface area contributed by atoms with Gasteiger partial charge in [0.15, 0.2) is 0 Å². The fourth-order valence-electron chi connectivity index (χ4n) is 3.42. The van der Waals surface area contributed by atoms with Gasteiger partial charge in [-0.25, -0.2) is 9.18 Å². The Labute approximate surface area is 210 Å². The number of ether oxygens (including phenoxy) is 1. The number of carbonyl (C=O) groups excluding carboxylic acids is 3. The molecule has 0 aliphatic rings. The first-order valence-electron chi connectivity index (χ1n) is 11.7. The van der Waals surface area contributed by atoms with Crippen LogP contribution in [0.25, 0.3) is 6.08 Å². The van der Waals surface area contributed by atoms with Crippen LogP contribution in [-0.2, 0) is 20.9 Å². The topological polar surface area (TPSA) is 84.5 Å². The lowest BCUT2D eigenvalue weighted by Gasteiger charge is -2.20. The monoisotopic (exact) mass is 488 g/mol. The van der Waals surface area contributed by atoms with Crippen molar-refractivity contribution in [1.82, 2.24) is 10.6 Å². The highest BCUT2D eigenvalue weighted by atomic mass is 19.1. The van der Waals surface area contributed by atoms with E-state index in [9.17, 15) is 18.8 Å². The third kappa shape index (κ3) is 8.20. The summed E-state index contributed by atoms with van der Waals surface area (Å²) in [6.45, 7) is 3.93. The van der Waals surface area contributed by atoms with Crippen molar-refractivity contribution in [2.75, 3.05) is 0 Å². The second kappa shape index (κ2) is 13.0. The number of nitrogens with one attached hydrogen (secondary N) is 2. The van der Waals surface area contributed by atoms with Crippen molar-refractivity contribution in [3.05, 3.63) is 113 Å². The maximum atomic E-state index is 13.4. The number of hydrogen-bond acceptors (Lipinski definition) is 4. The summed E-state index contributed by atoms with van der Waals surface area (Å²) in [6.07, 6.45) is 1.77. The minimum atomic E-state index is -0.925. The quantitative estimate of drug-likeness (QED) is 0.315. The van der Waals surface area contributed by atoms with Crippen molar-refractivity contribution in [2.45, 2.75) is 32.9 Å². The van der Waals surface area contributed by atoms with Gasteiger partial charge in [0.05, 0.1) is 0 Å². The highest BCUT2D eigenvalue weighted by Crippen LogP contribution is 2.12. The van der Waals surface area contributed by atoms with E-state index in [0.717, 1.165) is 5.56 Å². The second-order valence-corrected chi connectivity index (χ2v) is 8.68. The summed E-state index contributed by atoms with van der Waals surface area (Å²) in [4.78, 5) is 38.9. The molecule has 0 saturated heterocycles. The zero-order chi connectivity index (χ0) is 25.9. The SMILES string of the molecule is CC(C)CC(NC(=O)/C(=C/c1ccc(F)cc1)NC(=O)c1ccccc1)C(=O)OCc1ccccc1. The lowest BCUT2D eigenvalue weighted by atomic mass is 10.0. The van der Waals surface area contributed by atoms with Crippen molar-refractivity contribution >= 4 is 23.9 Å². The van der Waals surface area contributed by atoms with Gasteiger partial charge in [0.25, 0.3) is 11.8 Å². The number of esters is 1. The number of halogens is 1. The van der Waals surface area contributed by atoms with E-state index in [4.69, 9.17) is 4.74 Å². The first kappa shape index (κ1) is 26.3. The van der Waals surface area contributed by atoms with Gasteiger partial charge in [0.2, 0.25) is 0 Å². The molecule has 0 saturated carbocycles. The first-order chi connectivity index (χ1) is 17.3. The molecule has 6 nitrogen and oxygen atoms in total. The van der Waals surface area contributed by atoms with Gasteiger partial charge in [0.1, 0.15) is 24.2 Å². The van der Waals surface area contributed by atoms with Crippen LogP contribution in [0.5, 0.6) is 0 Å². The fraction of sp³-hybridized carbons (Fsp3) is 0.207. The molecule has 0 bridgehead atoms. The number of benzene rings is 3. The maximum Gasteiger partial charge on any atom is 0.328 e. The Morgan fingerprint density at radius 2 is 1.50 bits per heavy atom. The lowest BCUT2D eigenvalue weighted by molar-refractivity contribution is -0.149. The molecule has 0 fully saturated rings. The predicted molar refractivity (Wildman–Crippen MR) is 136 cm³/mol. The van der Waals surface area contributed by atoms with Gasteiger partial charge in [0, 0.05) is 5.56 Å². The fourth-order valence-corrected chi connectivity index (χ4v) is 3.42. The molecule has 0 aliphatic heterocycles. The Balaban J connectivity index is 1.80. The first-order valence-corrected chi connectivity index (χ1v) is 11.7. The van der Waals surface area contributed by atoms with Crippen molar-refractivity contribution in [3.8, 4) is 0 Å². The van der Waals surface area contributed by atoms with E-state index in [0.29, 0.717) is 17.5 Å². The van der Waals surface area contributed by atoms with Gasteiger partial charge in [-0.2, -0.15) is 0 Å². The molecule has 1 atom stereocenters. The highest BCUT2D eigenvalue weighted by molar-refractivity contribution is 6.06. The molecule has 36 heavy (non-hydrogen) atoms. The Hall–Kier alpha value is -4.26. The molecule has 7 heteroatoms. The molecule has 0 aliphatic carbocycles. The van der Waals surface area contributed by atoms with Crippen molar-refractivity contribution < 1.29 is 23.5 Å². The van der Waals surface area contributed by atoms with Crippen LogP contribution in [0.2, 0.25) is 0 Å². The normalized spacial score (nSPS) is 12.1. The minimum Gasteiger partial charge on any atom is -0.459 e. The smallest absolute Gasteiger partial charge is 0.328 e. The molecule has 0 heterocycles. The Morgan fingerprint density at radius 3 is 2.11 bits per heavy atom. The third-order valence-corrected chi connectivity index (χ3v) is 5.23. The van der Waals surface area contributed by atoms with Crippen molar-refractivity contribution in [1.29, 1.82) is 0 Å². The zero-order valence-electron chi connectivity index (χ0n) is 20.2. The molecule has 0 radical (unpaired) electrons. The average molecular weight is 489 g/mol. The van der Waals surface area contributed by atoms with E-state index < -0.39 is 29.6 Å². The minimum absolute atomic E-state index is 0.0765. The Kier molecular flexibility index (Phi) is 9.51. The van der Waals surface area contributed by atoms with E-state index in [1.165, 1.54) is 30.3 Å². The maximum absolute atomic E-state index is 13.4. The standard InChI is InChI=1S/C29H29FN2O4/c1-20(2)17-26(29(35)36-19-22-9-5-3-6-10-22)32-28(34)25(18-21-13-15-24(30)16-14-21)31-27(33)23-11-7-4-8-12-23/h3-16,18,20,26H,17,19H2,1-2H3,(H,31,33)(H,32,34)/b25-18-. The molecule has 0 spiro atoms. The Morgan fingerprint density at radius 1 is 0.889 bits per heavy atom. The summed E-state index contributed by atoms with van der Waals surface area (Å²) in [7, 11) is 0. The molecular weight excluding hydrogens is 459 g/mol. The molecule has 2 N–H and O–H groups in total. The number of carbonyl (C=O) groups is 3. The van der Waals surface area contributed by atoms with Crippen LogP contribution in [0, 0.1) is 11.7 Å². The molecule has 1 unspecified atom stereocenters. The molecule has 2 amide bonds. The van der Waals surface area contributed by atoms with Crippen LogP contribution in [0.1, 0.15) is 41.8 Å². The molecule has 3 rings (SSSR count). The van der Waals surface area contributed by atoms with Crippen LogP contribution >= 0.6 is 0 Å². The number of hydrogen-bond donors (Lipinski definition) is 2. The largest absolute Gasteiger partial charge is 0.459 e. The summed E-state index contributed by atoms with van der Waals surface area (Å²) >= 11 is 0. The van der Waals surface area contributed by atoms with Crippen LogP contribution in [0.15, 0.2) is 90.6 Å². The number of rotatable bonds is 10.